The Labute approximate surface area is 97.8 Å². The molecule has 1 aliphatic carbocycles. The molecule has 2 aliphatic rings. The van der Waals surface area contributed by atoms with Gasteiger partial charge in [0.15, 0.2) is 0 Å². The number of benzene rings is 1. The molecule has 0 spiro atoms. The summed E-state index contributed by atoms with van der Waals surface area (Å²) in [6.07, 6.45) is 7.36. The van der Waals surface area contributed by atoms with Crippen molar-refractivity contribution in [1.82, 2.24) is 4.90 Å². The van der Waals surface area contributed by atoms with Crippen LogP contribution in [-0.4, -0.2) is 25.0 Å². The van der Waals surface area contributed by atoms with Crippen LogP contribution in [0.15, 0.2) is 30.3 Å². The number of likely N-dealkylation sites (tertiary alicyclic amines) is 1. The summed E-state index contributed by atoms with van der Waals surface area (Å²) in [6.45, 7) is 2.51. The normalized spacial score (nSPS) is 29.3. The molecule has 3 rings (SSSR count). The van der Waals surface area contributed by atoms with Gasteiger partial charge in [-0.25, -0.2) is 0 Å². The average molecular weight is 213 g/mol. The van der Waals surface area contributed by atoms with Crippen LogP contribution < -0.4 is 0 Å². The molecule has 16 heavy (non-hydrogen) atoms. The third kappa shape index (κ3) is 1.80. The predicted octanol–water partition coefficient (Wildman–Crippen LogP) is 2.82. The zero-order valence-corrected chi connectivity index (χ0v) is 9.89. The van der Waals surface area contributed by atoms with Gasteiger partial charge in [0, 0.05) is 6.54 Å². The second kappa shape index (κ2) is 4.06. The van der Waals surface area contributed by atoms with E-state index in [-0.39, 0.29) is 0 Å². The maximum absolute atomic E-state index is 2.48. The van der Waals surface area contributed by atoms with Gasteiger partial charge in [-0.05, 0) is 49.4 Å². The van der Waals surface area contributed by atoms with Gasteiger partial charge in [-0.15, -0.1) is 0 Å². The Balaban J connectivity index is 1.92. The van der Waals surface area contributed by atoms with Crippen LogP contribution in [0, 0.1) is 11.8 Å². The van der Waals surface area contributed by atoms with Gasteiger partial charge in [0.05, 0.1) is 0 Å². The number of hydrogen-bond donors (Lipinski definition) is 0. The van der Waals surface area contributed by atoms with E-state index in [0.29, 0.717) is 0 Å². The zero-order valence-electron chi connectivity index (χ0n) is 9.89. The third-order valence-corrected chi connectivity index (χ3v) is 4.06. The molecule has 1 aliphatic heterocycles. The van der Waals surface area contributed by atoms with Gasteiger partial charge in [0.2, 0.25) is 0 Å². The molecular weight excluding hydrogens is 194 g/mol. The highest BCUT2D eigenvalue weighted by molar-refractivity contribution is 5.55. The Bertz CT molecular complexity index is 408. The molecule has 84 valence electrons. The van der Waals surface area contributed by atoms with Crippen molar-refractivity contribution in [2.75, 3.05) is 20.1 Å². The van der Waals surface area contributed by atoms with Crippen LogP contribution in [0.2, 0.25) is 0 Å². The van der Waals surface area contributed by atoms with Gasteiger partial charge in [-0.3, -0.25) is 0 Å². The summed E-state index contributed by atoms with van der Waals surface area (Å²) >= 11 is 0. The average Bonchev–Trinajstić information content (AvgIpc) is 2.47. The highest BCUT2D eigenvalue weighted by atomic mass is 15.1. The van der Waals surface area contributed by atoms with E-state index >= 15 is 0 Å². The van der Waals surface area contributed by atoms with E-state index in [1.807, 2.05) is 0 Å². The van der Waals surface area contributed by atoms with Gasteiger partial charge in [-0.1, -0.05) is 36.4 Å². The van der Waals surface area contributed by atoms with E-state index in [4.69, 9.17) is 0 Å². The molecule has 0 radical (unpaired) electrons. The van der Waals surface area contributed by atoms with E-state index in [0.717, 1.165) is 11.8 Å². The maximum atomic E-state index is 2.48. The summed E-state index contributed by atoms with van der Waals surface area (Å²) in [6, 6.07) is 8.84. The summed E-state index contributed by atoms with van der Waals surface area (Å²) in [5, 5.41) is 0. The number of allylic oxidation sites excluding steroid dienone is 1. The van der Waals surface area contributed by atoms with Crippen LogP contribution in [0.3, 0.4) is 0 Å². The minimum Gasteiger partial charge on any atom is -0.306 e. The van der Waals surface area contributed by atoms with E-state index in [1.54, 1.807) is 0 Å². The summed E-state index contributed by atoms with van der Waals surface area (Å²) in [5.74, 6) is 1.61. The van der Waals surface area contributed by atoms with Gasteiger partial charge in [-0.2, -0.15) is 0 Å². The lowest BCUT2D eigenvalue weighted by Crippen LogP contribution is -2.38. The number of piperidine rings is 1. The Morgan fingerprint density at radius 3 is 3.06 bits per heavy atom. The summed E-state index contributed by atoms with van der Waals surface area (Å²) < 4.78 is 0. The Morgan fingerprint density at radius 2 is 2.12 bits per heavy atom. The van der Waals surface area contributed by atoms with Crippen molar-refractivity contribution < 1.29 is 0 Å². The van der Waals surface area contributed by atoms with Crippen LogP contribution in [0.5, 0.6) is 0 Å². The van der Waals surface area contributed by atoms with Gasteiger partial charge < -0.3 is 4.90 Å². The highest BCUT2D eigenvalue weighted by Crippen LogP contribution is 2.32. The van der Waals surface area contributed by atoms with Crippen molar-refractivity contribution in [3.63, 3.8) is 0 Å². The maximum Gasteiger partial charge on any atom is 0.00154 e. The minimum absolute atomic E-state index is 0.795. The Kier molecular flexibility index (Phi) is 2.56. The predicted molar refractivity (Wildman–Crippen MR) is 68.3 cm³/mol. The van der Waals surface area contributed by atoms with Crippen LogP contribution in [0.25, 0.3) is 6.08 Å². The van der Waals surface area contributed by atoms with Crippen molar-refractivity contribution in [2.45, 2.75) is 12.8 Å². The van der Waals surface area contributed by atoms with E-state index in [1.165, 1.54) is 37.1 Å². The quantitative estimate of drug-likeness (QED) is 0.640. The molecular formula is C15H19N. The first-order chi connectivity index (χ1) is 7.83. The molecule has 1 aromatic rings. The van der Waals surface area contributed by atoms with Crippen molar-refractivity contribution >= 4 is 6.08 Å². The molecule has 0 bridgehead atoms. The lowest BCUT2D eigenvalue weighted by molar-refractivity contribution is 0.170. The molecule has 2 atom stereocenters. The van der Waals surface area contributed by atoms with E-state index in [9.17, 15) is 0 Å². The molecule has 1 saturated heterocycles. The molecule has 0 N–H and O–H groups in total. The van der Waals surface area contributed by atoms with Crippen molar-refractivity contribution in [2.24, 2.45) is 11.8 Å². The number of rotatable bonds is 0. The lowest BCUT2D eigenvalue weighted by Gasteiger charge is -2.34. The van der Waals surface area contributed by atoms with Gasteiger partial charge in [0.25, 0.3) is 0 Å². The Morgan fingerprint density at radius 1 is 1.25 bits per heavy atom. The standard InChI is InChI=1S/C15H19N/c1-16-9-8-13-7-6-12-4-2-3-5-14(12)10-15(13)11-16/h2-7,13,15H,8-11H2,1H3/t13-,15+/m1/s1. The van der Waals surface area contributed by atoms with Crippen molar-refractivity contribution in [3.8, 4) is 0 Å². The highest BCUT2D eigenvalue weighted by Gasteiger charge is 2.27. The summed E-state index contributed by atoms with van der Waals surface area (Å²) in [4.78, 5) is 2.48. The lowest BCUT2D eigenvalue weighted by atomic mass is 9.83. The first-order valence-corrected chi connectivity index (χ1v) is 6.27. The van der Waals surface area contributed by atoms with Crippen LogP contribution >= 0.6 is 0 Å². The second-order valence-corrected chi connectivity index (χ2v) is 5.24. The minimum atomic E-state index is 0.795. The number of nitrogens with zero attached hydrogens (tertiary/aromatic N) is 1. The van der Waals surface area contributed by atoms with Crippen molar-refractivity contribution in [3.05, 3.63) is 41.5 Å². The summed E-state index contributed by atoms with van der Waals surface area (Å²) in [7, 11) is 2.25. The summed E-state index contributed by atoms with van der Waals surface area (Å²) in [5.41, 5.74) is 2.96. The fourth-order valence-corrected chi connectivity index (χ4v) is 3.09. The molecule has 1 heteroatoms. The van der Waals surface area contributed by atoms with Crippen molar-refractivity contribution in [1.29, 1.82) is 0 Å². The Hall–Kier alpha value is -1.08. The molecule has 1 fully saturated rings. The second-order valence-electron chi connectivity index (χ2n) is 5.24. The fraction of sp³-hybridized carbons (Fsp3) is 0.467. The van der Waals surface area contributed by atoms with E-state index < -0.39 is 0 Å². The molecule has 0 aromatic heterocycles. The molecule has 0 unspecified atom stereocenters. The third-order valence-electron chi connectivity index (χ3n) is 4.06. The zero-order chi connectivity index (χ0) is 11.0. The van der Waals surface area contributed by atoms with E-state index in [2.05, 4.69) is 48.4 Å². The van der Waals surface area contributed by atoms with Gasteiger partial charge >= 0.3 is 0 Å². The molecule has 1 aromatic carbocycles. The smallest absolute Gasteiger partial charge is 0.00154 e. The van der Waals surface area contributed by atoms with Crippen LogP contribution in [-0.2, 0) is 6.42 Å². The largest absolute Gasteiger partial charge is 0.306 e. The van der Waals surface area contributed by atoms with Gasteiger partial charge in [0.1, 0.15) is 0 Å². The number of hydrogen-bond acceptors (Lipinski definition) is 1. The van der Waals surface area contributed by atoms with Crippen LogP contribution in [0.4, 0.5) is 0 Å². The number of fused-ring (bicyclic) bond motifs is 2. The first-order valence-electron chi connectivity index (χ1n) is 6.27. The van der Waals surface area contributed by atoms with Crippen LogP contribution in [0.1, 0.15) is 17.5 Å². The molecule has 1 nitrogen and oxygen atoms in total. The molecule has 1 heterocycles. The topological polar surface area (TPSA) is 3.24 Å². The SMILES string of the molecule is CN1CC[C@H]2C=Cc3ccccc3C[C@H]2C1. The molecule has 0 saturated carbocycles. The molecule has 0 amide bonds. The fourth-order valence-electron chi connectivity index (χ4n) is 3.09. The first kappa shape index (κ1) is 10.1. The monoisotopic (exact) mass is 213 g/mol.